The molecule has 6 nitrogen and oxygen atoms in total. The van der Waals surface area contributed by atoms with Crippen LogP contribution in [0.15, 0.2) is 21.7 Å². The molecule has 1 rings (SSSR count). The van der Waals surface area contributed by atoms with Gasteiger partial charge in [0.1, 0.15) is 6.61 Å². The second-order valence-electron chi connectivity index (χ2n) is 4.62. The first-order valence-corrected chi connectivity index (χ1v) is 7.20. The van der Waals surface area contributed by atoms with Crippen molar-refractivity contribution < 1.29 is 40.4 Å². The Morgan fingerprint density at radius 1 is 1.30 bits per heavy atom. The summed E-state index contributed by atoms with van der Waals surface area (Å²) in [5.41, 5.74) is -0.584. The number of nitro groups is 1. The Hall–Kier alpha value is -2.56. The molecule has 0 bridgehead atoms. The molecule has 0 aliphatic rings. The molecular formula is C13H7BrF7N3O3. The predicted octanol–water partition coefficient (Wildman–Crippen LogP) is 4.08. The monoisotopic (exact) mass is 465 g/mol. The van der Waals surface area contributed by atoms with Crippen molar-refractivity contribution in [1.82, 2.24) is 5.43 Å². The quantitative estimate of drug-likeness (QED) is 0.164. The van der Waals surface area contributed by atoms with E-state index in [-0.39, 0.29) is 22.4 Å². The normalized spacial score (nSPS) is 12.7. The molecule has 0 saturated carbocycles. The average molecular weight is 466 g/mol. The van der Waals surface area contributed by atoms with Gasteiger partial charge in [0, 0.05) is 11.6 Å². The van der Waals surface area contributed by atoms with Crippen molar-refractivity contribution in [2.75, 3.05) is 6.61 Å². The summed E-state index contributed by atoms with van der Waals surface area (Å²) in [5, 5.41) is 13.6. The minimum atomic E-state index is -6.53. The van der Waals surface area contributed by atoms with E-state index in [0.29, 0.717) is 11.6 Å². The molecule has 0 saturated heterocycles. The van der Waals surface area contributed by atoms with Gasteiger partial charge in [0.25, 0.3) is 0 Å². The van der Waals surface area contributed by atoms with Crippen molar-refractivity contribution >= 4 is 27.8 Å². The average Bonchev–Trinajstić information content (AvgIpc) is 2.51. The van der Waals surface area contributed by atoms with E-state index < -0.39 is 28.8 Å². The Bertz CT molecular complexity index is 791. The van der Waals surface area contributed by atoms with E-state index in [1.807, 2.05) is 0 Å². The lowest BCUT2D eigenvalue weighted by Crippen LogP contribution is -2.58. The summed E-state index contributed by atoms with van der Waals surface area (Å²) in [6.07, 6.45) is -1.20. The third kappa shape index (κ3) is 5.00. The van der Waals surface area contributed by atoms with Crippen LogP contribution in [-0.4, -0.2) is 35.9 Å². The Morgan fingerprint density at radius 3 is 2.37 bits per heavy atom. The minimum Gasteiger partial charge on any atom is -0.473 e. The Balaban J connectivity index is 3.12. The highest BCUT2D eigenvalue weighted by Crippen LogP contribution is 2.45. The largest absolute Gasteiger partial charge is 0.473 e. The van der Waals surface area contributed by atoms with Gasteiger partial charge < -0.3 is 4.74 Å². The molecule has 14 heteroatoms. The standard InChI is InChI=1S/C13H7BrF7N3O3/c1-2-3-27-10-8(14)4-7(5-9(10)24(25)26)6-22-23-13(20,21)11(15,16)12(17,18)19/h1,4-6,23H,3H2/b22-6-. The van der Waals surface area contributed by atoms with Crippen LogP contribution in [0, 0.1) is 22.5 Å². The molecule has 0 aliphatic carbocycles. The van der Waals surface area contributed by atoms with Gasteiger partial charge in [-0.05, 0) is 22.0 Å². The zero-order valence-corrected chi connectivity index (χ0v) is 14.2. The number of benzene rings is 1. The molecule has 1 aromatic carbocycles. The van der Waals surface area contributed by atoms with Crippen LogP contribution < -0.4 is 10.2 Å². The van der Waals surface area contributed by atoms with Crippen molar-refractivity contribution in [1.29, 1.82) is 0 Å². The van der Waals surface area contributed by atoms with Crippen molar-refractivity contribution in [2.24, 2.45) is 5.10 Å². The first-order chi connectivity index (χ1) is 12.2. The summed E-state index contributed by atoms with van der Waals surface area (Å²) in [7, 11) is 0. The van der Waals surface area contributed by atoms with E-state index in [9.17, 15) is 40.8 Å². The van der Waals surface area contributed by atoms with E-state index in [1.54, 1.807) is 0 Å². The fourth-order valence-corrected chi connectivity index (χ4v) is 2.08. The zero-order chi connectivity index (χ0) is 21.0. The molecule has 0 aliphatic heterocycles. The van der Waals surface area contributed by atoms with Gasteiger partial charge in [-0.15, -0.1) is 6.42 Å². The molecule has 0 spiro atoms. The summed E-state index contributed by atoms with van der Waals surface area (Å²) in [6.45, 7) is -0.340. The second kappa shape index (κ2) is 7.99. The SMILES string of the molecule is C#CCOc1c(Br)cc(/C=N\NC(F)(F)C(F)(F)C(F)(F)F)cc1[N+](=O)[O-]. The van der Waals surface area contributed by atoms with Gasteiger partial charge in [-0.2, -0.15) is 35.8 Å². The molecular weight excluding hydrogens is 459 g/mol. The highest BCUT2D eigenvalue weighted by Gasteiger charge is 2.73. The number of nitrogens with one attached hydrogen (secondary N) is 1. The number of nitrogens with zero attached hydrogens (tertiary/aromatic N) is 2. The fourth-order valence-electron chi connectivity index (χ4n) is 1.50. The predicted molar refractivity (Wildman–Crippen MR) is 81.8 cm³/mol. The molecule has 0 radical (unpaired) electrons. The highest BCUT2D eigenvalue weighted by atomic mass is 79.9. The minimum absolute atomic E-state index is 0.0687. The van der Waals surface area contributed by atoms with Crippen LogP contribution in [0.2, 0.25) is 0 Å². The van der Waals surface area contributed by atoms with Crippen molar-refractivity contribution in [2.45, 2.75) is 18.1 Å². The van der Waals surface area contributed by atoms with Crippen molar-refractivity contribution in [3.05, 3.63) is 32.3 Å². The van der Waals surface area contributed by atoms with Crippen LogP contribution in [0.25, 0.3) is 0 Å². The number of alkyl halides is 7. The van der Waals surface area contributed by atoms with Crippen LogP contribution in [0.5, 0.6) is 5.75 Å². The first-order valence-electron chi connectivity index (χ1n) is 6.41. The zero-order valence-electron chi connectivity index (χ0n) is 12.7. The van der Waals surface area contributed by atoms with Crippen LogP contribution in [0.4, 0.5) is 36.4 Å². The number of hydrogen-bond acceptors (Lipinski definition) is 5. The highest BCUT2D eigenvalue weighted by molar-refractivity contribution is 9.10. The van der Waals surface area contributed by atoms with Gasteiger partial charge in [0.05, 0.1) is 15.6 Å². The number of nitro benzene ring substituents is 1. The van der Waals surface area contributed by atoms with Crippen LogP contribution in [0.1, 0.15) is 5.56 Å². The second-order valence-corrected chi connectivity index (χ2v) is 5.47. The van der Waals surface area contributed by atoms with Gasteiger partial charge in [-0.25, -0.2) is 5.43 Å². The van der Waals surface area contributed by atoms with E-state index in [4.69, 9.17) is 11.2 Å². The topological polar surface area (TPSA) is 76.8 Å². The number of terminal acetylenes is 1. The Kier molecular flexibility index (Phi) is 6.65. The number of rotatable bonds is 7. The van der Waals surface area contributed by atoms with Crippen LogP contribution in [-0.2, 0) is 0 Å². The van der Waals surface area contributed by atoms with Crippen molar-refractivity contribution in [3.63, 3.8) is 0 Å². The maximum atomic E-state index is 13.0. The molecule has 27 heavy (non-hydrogen) atoms. The van der Waals surface area contributed by atoms with E-state index in [0.717, 1.165) is 12.1 Å². The Labute approximate surface area is 154 Å². The Morgan fingerprint density at radius 2 is 1.89 bits per heavy atom. The maximum Gasteiger partial charge on any atom is 0.462 e. The van der Waals surface area contributed by atoms with E-state index in [2.05, 4.69) is 27.0 Å². The molecule has 0 fully saturated rings. The molecule has 148 valence electrons. The van der Waals surface area contributed by atoms with E-state index in [1.165, 1.54) is 0 Å². The van der Waals surface area contributed by atoms with Crippen molar-refractivity contribution in [3.8, 4) is 18.1 Å². The lowest BCUT2D eigenvalue weighted by Gasteiger charge is -2.27. The molecule has 0 amide bonds. The number of hydrazone groups is 1. The summed E-state index contributed by atoms with van der Waals surface area (Å²) in [5.74, 6) is -4.66. The summed E-state index contributed by atoms with van der Waals surface area (Å²) in [4.78, 5) is 10.1. The number of ether oxygens (including phenoxy) is 1. The molecule has 0 heterocycles. The summed E-state index contributed by atoms with van der Waals surface area (Å²) in [6, 6.07) is -3.97. The van der Waals surface area contributed by atoms with Gasteiger partial charge in [-0.3, -0.25) is 10.1 Å². The fraction of sp³-hybridized carbons (Fsp3) is 0.308. The molecule has 0 unspecified atom stereocenters. The van der Waals surface area contributed by atoms with Crippen LogP contribution in [0.3, 0.4) is 0 Å². The van der Waals surface area contributed by atoms with Gasteiger partial charge in [0.15, 0.2) is 0 Å². The first kappa shape index (κ1) is 22.5. The third-order valence-electron chi connectivity index (χ3n) is 2.71. The maximum absolute atomic E-state index is 13.0. The number of halogens is 8. The third-order valence-corrected chi connectivity index (χ3v) is 3.30. The molecule has 0 aromatic heterocycles. The lowest BCUT2D eigenvalue weighted by molar-refractivity contribution is -0.385. The van der Waals surface area contributed by atoms with Gasteiger partial charge in [-0.1, -0.05) is 5.92 Å². The summed E-state index contributed by atoms with van der Waals surface area (Å²) < 4.78 is 92.3. The molecule has 0 atom stereocenters. The lowest BCUT2D eigenvalue weighted by atomic mass is 10.2. The van der Waals surface area contributed by atoms with Gasteiger partial charge in [0.2, 0.25) is 5.75 Å². The summed E-state index contributed by atoms with van der Waals surface area (Å²) >= 11 is 2.89. The van der Waals surface area contributed by atoms with Gasteiger partial charge >= 0.3 is 23.8 Å². The number of hydrogen-bond donors (Lipinski definition) is 1. The smallest absolute Gasteiger partial charge is 0.462 e. The molecule has 1 N–H and O–H groups in total. The van der Waals surface area contributed by atoms with Crippen LogP contribution >= 0.6 is 15.9 Å². The molecule has 1 aromatic rings. The van der Waals surface area contributed by atoms with E-state index >= 15 is 0 Å².